The van der Waals surface area contributed by atoms with Crippen LogP contribution in [0.25, 0.3) is 4.85 Å². The van der Waals surface area contributed by atoms with Gasteiger partial charge in [-0.15, -0.1) is 0 Å². The van der Waals surface area contributed by atoms with Gasteiger partial charge in [-0.1, -0.05) is 6.07 Å². The predicted octanol–water partition coefficient (Wildman–Crippen LogP) is 0.365. The maximum atomic E-state index is 13.0. The highest BCUT2D eigenvalue weighted by molar-refractivity contribution is 6.58. The van der Waals surface area contributed by atoms with Crippen LogP contribution in [-0.2, 0) is 0 Å². The zero-order chi connectivity index (χ0) is 10.0. The fraction of sp³-hybridized carbons (Fsp3) is 0.125. The molecule has 0 aliphatic heterocycles. The van der Waals surface area contributed by atoms with Crippen molar-refractivity contribution in [3.8, 4) is 0 Å². The van der Waals surface area contributed by atoms with Gasteiger partial charge in [-0.2, -0.15) is 0 Å². The third kappa shape index (κ3) is 1.86. The lowest BCUT2D eigenvalue weighted by Crippen LogP contribution is -2.30. The molecule has 66 valence electrons. The monoisotopic (exact) mass is 179 g/mol. The summed E-state index contributed by atoms with van der Waals surface area (Å²) in [5.74, 6) is -0.600. The van der Waals surface area contributed by atoms with Crippen molar-refractivity contribution in [3.63, 3.8) is 0 Å². The maximum absolute atomic E-state index is 13.0. The maximum Gasteiger partial charge on any atom is 0.487 e. The molecule has 1 aromatic carbocycles. The van der Waals surface area contributed by atoms with E-state index < -0.39 is 12.9 Å². The molecule has 0 saturated heterocycles. The summed E-state index contributed by atoms with van der Waals surface area (Å²) in [5, 5.41) is 17.5. The van der Waals surface area contributed by atoms with Gasteiger partial charge in [-0.05, 0) is 24.0 Å². The molecule has 1 aromatic rings. The first-order chi connectivity index (χ1) is 6.06. The summed E-state index contributed by atoms with van der Waals surface area (Å²) in [4.78, 5) is 3.06. The van der Waals surface area contributed by atoms with E-state index in [0.29, 0.717) is 0 Å². The van der Waals surface area contributed by atoms with Crippen LogP contribution in [0.5, 0.6) is 0 Å². The van der Waals surface area contributed by atoms with E-state index in [1.165, 1.54) is 13.0 Å². The molecule has 0 aromatic heterocycles. The molecule has 5 heteroatoms. The fourth-order valence-electron chi connectivity index (χ4n) is 0.950. The predicted molar refractivity (Wildman–Crippen MR) is 47.2 cm³/mol. The van der Waals surface area contributed by atoms with Crippen LogP contribution in [0.2, 0.25) is 0 Å². The number of benzene rings is 1. The second kappa shape index (κ2) is 3.56. The standard InChI is InChI=1S/C8H7BFNO2/c1-5-7(10)3-6(9(12)13)4-8(5)11-2/h3-4,12-13H,1H3. The van der Waals surface area contributed by atoms with Crippen LogP contribution in [0.4, 0.5) is 10.1 Å². The zero-order valence-electron chi connectivity index (χ0n) is 6.95. The Bertz CT molecular complexity index is 373. The van der Waals surface area contributed by atoms with E-state index in [0.717, 1.165) is 6.07 Å². The van der Waals surface area contributed by atoms with E-state index in [4.69, 9.17) is 16.6 Å². The Morgan fingerprint density at radius 2 is 2.08 bits per heavy atom. The van der Waals surface area contributed by atoms with Crippen LogP contribution in [-0.4, -0.2) is 17.2 Å². The van der Waals surface area contributed by atoms with Crippen LogP contribution in [0.15, 0.2) is 12.1 Å². The molecule has 2 N–H and O–H groups in total. The van der Waals surface area contributed by atoms with Gasteiger partial charge in [0.2, 0.25) is 0 Å². The van der Waals surface area contributed by atoms with Crippen molar-refractivity contribution in [1.82, 2.24) is 0 Å². The van der Waals surface area contributed by atoms with E-state index in [9.17, 15) is 4.39 Å². The first-order valence-corrected chi connectivity index (χ1v) is 3.60. The lowest BCUT2D eigenvalue weighted by Gasteiger charge is -2.03. The van der Waals surface area contributed by atoms with Gasteiger partial charge in [0.05, 0.1) is 6.57 Å². The van der Waals surface area contributed by atoms with Gasteiger partial charge >= 0.3 is 7.12 Å². The second-order valence-corrected chi connectivity index (χ2v) is 2.63. The minimum atomic E-state index is -1.74. The highest BCUT2D eigenvalue weighted by Gasteiger charge is 2.15. The average Bonchev–Trinajstić information content (AvgIpc) is 2.09. The average molecular weight is 179 g/mol. The Balaban J connectivity index is 3.32. The van der Waals surface area contributed by atoms with Crippen LogP contribution in [0.3, 0.4) is 0 Å². The van der Waals surface area contributed by atoms with Crippen molar-refractivity contribution < 1.29 is 14.4 Å². The van der Waals surface area contributed by atoms with Gasteiger partial charge in [0, 0.05) is 0 Å². The molecule has 0 aliphatic carbocycles. The minimum Gasteiger partial charge on any atom is -0.423 e. The zero-order valence-corrected chi connectivity index (χ0v) is 6.95. The first-order valence-electron chi connectivity index (χ1n) is 3.60. The smallest absolute Gasteiger partial charge is 0.423 e. The van der Waals surface area contributed by atoms with Crippen LogP contribution in [0, 0.1) is 19.3 Å². The Hall–Kier alpha value is -1.38. The van der Waals surface area contributed by atoms with E-state index >= 15 is 0 Å². The fourth-order valence-corrected chi connectivity index (χ4v) is 0.950. The van der Waals surface area contributed by atoms with Crippen LogP contribution >= 0.6 is 0 Å². The topological polar surface area (TPSA) is 44.8 Å². The summed E-state index contributed by atoms with van der Waals surface area (Å²) < 4.78 is 13.0. The summed E-state index contributed by atoms with van der Waals surface area (Å²) in [6, 6.07) is 2.27. The molecule has 1 rings (SSSR count). The number of rotatable bonds is 1. The Kier molecular flexibility index (Phi) is 2.66. The molecule has 0 bridgehead atoms. The third-order valence-corrected chi connectivity index (χ3v) is 1.76. The number of hydrogen-bond donors (Lipinski definition) is 2. The highest BCUT2D eigenvalue weighted by Crippen LogP contribution is 2.19. The summed E-state index contributed by atoms with van der Waals surface area (Å²) in [6.45, 7) is 8.18. The molecule has 13 heavy (non-hydrogen) atoms. The quantitative estimate of drug-likeness (QED) is 0.483. The Morgan fingerprint density at radius 3 is 2.54 bits per heavy atom. The molecule has 0 radical (unpaired) electrons. The molecule has 0 fully saturated rings. The lowest BCUT2D eigenvalue weighted by atomic mass is 9.79. The van der Waals surface area contributed by atoms with E-state index in [2.05, 4.69) is 4.85 Å². The van der Waals surface area contributed by atoms with Gasteiger partial charge in [0.25, 0.3) is 0 Å². The third-order valence-electron chi connectivity index (χ3n) is 1.76. The highest BCUT2D eigenvalue weighted by atomic mass is 19.1. The summed E-state index contributed by atoms with van der Waals surface area (Å²) in [5.41, 5.74) is 0.316. The van der Waals surface area contributed by atoms with Crippen molar-refractivity contribution in [2.24, 2.45) is 0 Å². The molecule has 0 heterocycles. The molecule has 0 amide bonds. The van der Waals surface area contributed by atoms with E-state index in [-0.39, 0.29) is 16.7 Å². The number of hydrogen-bond acceptors (Lipinski definition) is 2. The molecular weight excluding hydrogens is 172 g/mol. The van der Waals surface area contributed by atoms with E-state index in [1.807, 2.05) is 0 Å². The number of nitrogens with zero attached hydrogens (tertiary/aromatic N) is 1. The van der Waals surface area contributed by atoms with Crippen molar-refractivity contribution in [2.45, 2.75) is 6.92 Å². The Labute approximate surface area is 75.4 Å². The van der Waals surface area contributed by atoms with E-state index in [1.54, 1.807) is 0 Å². The summed E-state index contributed by atoms with van der Waals surface area (Å²) >= 11 is 0. The largest absolute Gasteiger partial charge is 0.487 e. The molecule has 3 nitrogen and oxygen atoms in total. The van der Waals surface area contributed by atoms with Crippen molar-refractivity contribution in [2.75, 3.05) is 0 Å². The summed E-state index contributed by atoms with van der Waals surface area (Å²) in [6.07, 6.45) is 0. The molecule has 0 saturated carbocycles. The SMILES string of the molecule is [C-]#[N+]c1cc(B(O)O)cc(F)c1C. The van der Waals surface area contributed by atoms with Crippen molar-refractivity contribution in [1.29, 1.82) is 0 Å². The van der Waals surface area contributed by atoms with Crippen molar-refractivity contribution in [3.05, 3.63) is 34.9 Å². The Morgan fingerprint density at radius 1 is 1.46 bits per heavy atom. The number of halogens is 1. The van der Waals surface area contributed by atoms with Crippen molar-refractivity contribution >= 4 is 18.3 Å². The minimum absolute atomic E-state index is 0.00546. The van der Waals surface area contributed by atoms with Crippen LogP contribution < -0.4 is 5.46 Å². The van der Waals surface area contributed by atoms with Gasteiger partial charge in [-0.3, -0.25) is 0 Å². The molecular formula is C8H7BFNO2. The molecule has 0 atom stereocenters. The van der Waals surface area contributed by atoms with Gasteiger partial charge in [0.1, 0.15) is 5.82 Å². The van der Waals surface area contributed by atoms with Gasteiger partial charge < -0.3 is 10.0 Å². The normalized spacial score (nSPS) is 9.46. The first kappa shape index (κ1) is 9.71. The molecule has 0 aliphatic rings. The molecule has 0 spiro atoms. The van der Waals surface area contributed by atoms with Gasteiger partial charge in [-0.25, -0.2) is 9.24 Å². The molecule has 0 unspecified atom stereocenters. The lowest BCUT2D eigenvalue weighted by molar-refractivity contribution is 0.425. The van der Waals surface area contributed by atoms with Gasteiger partial charge in [0.15, 0.2) is 5.69 Å². The summed E-state index contributed by atoms with van der Waals surface area (Å²) in [7, 11) is -1.74. The second-order valence-electron chi connectivity index (χ2n) is 2.63. The van der Waals surface area contributed by atoms with Crippen LogP contribution in [0.1, 0.15) is 5.56 Å².